The summed E-state index contributed by atoms with van der Waals surface area (Å²) in [6, 6.07) is 0. The van der Waals surface area contributed by atoms with Crippen LogP contribution in [0.1, 0.15) is 40.0 Å². The summed E-state index contributed by atoms with van der Waals surface area (Å²) in [5, 5.41) is 0. The van der Waals surface area contributed by atoms with Gasteiger partial charge in [0.15, 0.2) is 0 Å². The minimum atomic E-state index is 0.579. The number of allylic oxidation sites excluding steroid dienone is 4. The molecule has 1 nitrogen and oxygen atoms in total. The van der Waals surface area contributed by atoms with Gasteiger partial charge in [0.25, 0.3) is 0 Å². The number of aldehydes is 1. The molecule has 0 amide bonds. The first-order valence-electron chi connectivity index (χ1n) is 5.48. The molecule has 0 heterocycles. The lowest BCUT2D eigenvalue weighted by atomic mass is 9.82. The van der Waals surface area contributed by atoms with E-state index in [9.17, 15) is 4.79 Å². The lowest BCUT2D eigenvalue weighted by molar-refractivity contribution is -0.105. The van der Waals surface area contributed by atoms with Crippen LogP contribution in [0.4, 0.5) is 0 Å². The van der Waals surface area contributed by atoms with Crippen molar-refractivity contribution in [3.63, 3.8) is 0 Å². The Balaban J connectivity index is 2.67. The molecule has 78 valence electrons. The van der Waals surface area contributed by atoms with Crippen molar-refractivity contribution in [2.24, 2.45) is 11.8 Å². The van der Waals surface area contributed by atoms with Crippen LogP contribution < -0.4 is 0 Å². The molecule has 2 atom stereocenters. The Morgan fingerprint density at radius 2 is 2.36 bits per heavy atom. The number of hydrogen-bond acceptors (Lipinski definition) is 1. The summed E-state index contributed by atoms with van der Waals surface area (Å²) in [6.07, 6.45) is 8.68. The van der Waals surface area contributed by atoms with Gasteiger partial charge in [-0.1, -0.05) is 31.6 Å². The fourth-order valence-electron chi connectivity index (χ4n) is 2.27. The molecule has 0 saturated carbocycles. The lowest BCUT2D eigenvalue weighted by Gasteiger charge is -2.23. The van der Waals surface area contributed by atoms with Crippen molar-refractivity contribution in [1.29, 1.82) is 0 Å². The highest BCUT2D eigenvalue weighted by molar-refractivity contribution is 5.72. The van der Waals surface area contributed by atoms with Gasteiger partial charge in [-0.3, -0.25) is 4.79 Å². The predicted octanol–water partition coefficient (Wildman–Crippen LogP) is 3.51. The average Bonchev–Trinajstić information content (AvgIpc) is 2.12. The van der Waals surface area contributed by atoms with Crippen molar-refractivity contribution >= 4 is 6.29 Å². The normalized spacial score (nSPS) is 28.5. The minimum absolute atomic E-state index is 0.579. The average molecular weight is 192 g/mol. The summed E-state index contributed by atoms with van der Waals surface area (Å²) in [5.41, 5.74) is 2.42. The van der Waals surface area contributed by atoms with Gasteiger partial charge >= 0.3 is 0 Å². The first-order valence-corrected chi connectivity index (χ1v) is 5.48. The molecule has 0 radical (unpaired) electrons. The van der Waals surface area contributed by atoms with Crippen LogP contribution in [0.3, 0.4) is 0 Å². The first-order chi connectivity index (χ1) is 6.65. The van der Waals surface area contributed by atoms with Crippen LogP contribution in [0.5, 0.6) is 0 Å². The van der Waals surface area contributed by atoms with Gasteiger partial charge < -0.3 is 0 Å². The molecular weight excluding hydrogens is 172 g/mol. The third-order valence-corrected chi connectivity index (χ3v) is 2.84. The Bertz CT molecular complexity index is 260. The summed E-state index contributed by atoms with van der Waals surface area (Å²) < 4.78 is 0. The maximum atomic E-state index is 10.7. The maximum Gasteiger partial charge on any atom is 0.145 e. The van der Waals surface area contributed by atoms with Gasteiger partial charge in [0.05, 0.1) is 0 Å². The van der Waals surface area contributed by atoms with E-state index in [1.165, 1.54) is 12.0 Å². The van der Waals surface area contributed by atoms with E-state index in [1.807, 2.05) is 6.92 Å². The Morgan fingerprint density at radius 3 is 2.86 bits per heavy atom. The molecule has 0 saturated heterocycles. The van der Waals surface area contributed by atoms with E-state index in [4.69, 9.17) is 0 Å². The van der Waals surface area contributed by atoms with E-state index in [2.05, 4.69) is 26.0 Å². The smallest absolute Gasteiger partial charge is 0.145 e. The number of carbonyl (C=O) groups excluding carboxylic acids is 1. The molecule has 0 aromatic heterocycles. The number of hydrogen-bond donors (Lipinski definition) is 0. The second-order valence-corrected chi connectivity index (χ2v) is 4.40. The zero-order chi connectivity index (χ0) is 10.6. The Morgan fingerprint density at radius 1 is 1.64 bits per heavy atom. The number of carbonyl (C=O) groups is 1. The number of rotatable bonds is 3. The SMILES string of the molecule is CC/C(C=O)=C\C1CC(C)=CC(C)C1. The molecule has 14 heavy (non-hydrogen) atoms. The van der Waals surface area contributed by atoms with Crippen LogP contribution in [0.15, 0.2) is 23.3 Å². The van der Waals surface area contributed by atoms with E-state index < -0.39 is 0 Å². The highest BCUT2D eigenvalue weighted by Gasteiger charge is 2.16. The van der Waals surface area contributed by atoms with Crippen LogP contribution in [0.25, 0.3) is 0 Å². The van der Waals surface area contributed by atoms with Gasteiger partial charge in [0.2, 0.25) is 0 Å². The van der Waals surface area contributed by atoms with E-state index in [0.29, 0.717) is 11.8 Å². The largest absolute Gasteiger partial charge is 0.298 e. The van der Waals surface area contributed by atoms with Crippen molar-refractivity contribution in [2.75, 3.05) is 0 Å². The molecule has 0 aliphatic heterocycles. The van der Waals surface area contributed by atoms with Gasteiger partial charge in [0.1, 0.15) is 6.29 Å². The summed E-state index contributed by atoms with van der Waals surface area (Å²) in [5.74, 6) is 1.24. The van der Waals surface area contributed by atoms with Gasteiger partial charge in [-0.05, 0) is 43.6 Å². The highest BCUT2D eigenvalue weighted by Crippen LogP contribution is 2.29. The predicted molar refractivity (Wildman–Crippen MR) is 60.1 cm³/mol. The summed E-state index contributed by atoms with van der Waals surface area (Å²) in [6.45, 7) is 6.47. The van der Waals surface area contributed by atoms with Crippen LogP contribution in [0, 0.1) is 11.8 Å². The summed E-state index contributed by atoms with van der Waals surface area (Å²) in [4.78, 5) is 10.7. The van der Waals surface area contributed by atoms with Crippen LogP contribution >= 0.6 is 0 Å². The zero-order valence-corrected chi connectivity index (χ0v) is 9.42. The summed E-state index contributed by atoms with van der Waals surface area (Å²) in [7, 11) is 0. The molecule has 0 aromatic rings. The second-order valence-electron chi connectivity index (χ2n) is 4.40. The molecule has 1 heteroatoms. The molecule has 2 unspecified atom stereocenters. The van der Waals surface area contributed by atoms with Crippen LogP contribution in [-0.4, -0.2) is 6.29 Å². The minimum Gasteiger partial charge on any atom is -0.298 e. The quantitative estimate of drug-likeness (QED) is 0.380. The third kappa shape index (κ3) is 3.13. The molecule has 0 fully saturated rings. The van der Waals surface area contributed by atoms with Crippen LogP contribution in [-0.2, 0) is 4.79 Å². The van der Waals surface area contributed by atoms with Crippen molar-refractivity contribution in [2.45, 2.75) is 40.0 Å². The van der Waals surface area contributed by atoms with Gasteiger partial charge in [-0.15, -0.1) is 0 Å². The van der Waals surface area contributed by atoms with E-state index in [1.54, 1.807) is 0 Å². The monoisotopic (exact) mass is 192 g/mol. The molecule has 1 aliphatic carbocycles. The molecule has 1 aliphatic rings. The molecule has 0 bridgehead atoms. The van der Waals surface area contributed by atoms with Crippen molar-refractivity contribution < 1.29 is 4.79 Å². The first kappa shape index (κ1) is 11.2. The van der Waals surface area contributed by atoms with Crippen molar-refractivity contribution in [1.82, 2.24) is 0 Å². The fraction of sp³-hybridized carbons (Fsp3) is 0.615. The Kier molecular flexibility index (Phi) is 4.12. The van der Waals surface area contributed by atoms with Gasteiger partial charge in [-0.25, -0.2) is 0 Å². The second kappa shape index (κ2) is 5.14. The lowest BCUT2D eigenvalue weighted by Crippen LogP contribution is -2.10. The molecular formula is C13H20O. The molecule has 0 N–H and O–H groups in total. The molecule has 1 rings (SSSR count). The van der Waals surface area contributed by atoms with E-state index in [0.717, 1.165) is 24.7 Å². The molecule has 0 aromatic carbocycles. The van der Waals surface area contributed by atoms with Gasteiger partial charge in [0, 0.05) is 0 Å². The van der Waals surface area contributed by atoms with E-state index in [-0.39, 0.29) is 0 Å². The summed E-state index contributed by atoms with van der Waals surface area (Å²) >= 11 is 0. The topological polar surface area (TPSA) is 17.1 Å². The fourth-order valence-corrected chi connectivity index (χ4v) is 2.27. The van der Waals surface area contributed by atoms with Crippen molar-refractivity contribution in [3.05, 3.63) is 23.3 Å². The Labute approximate surface area is 86.9 Å². The maximum absolute atomic E-state index is 10.7. The van der Waals surface area contributed by atoms with E-state index >= 15 is 0 Å². The van der Waals surface area contributed by atoms with Crippen molar-refractivity contribution in [3.8, 4) is 0 Å². The van der Waals surface area contributed by atoms with Crippen LogP contribution in [0.2, 0.25) is 0 Å². The standard InChI is InChI=1S/C13H20O/c1-4-12(9-14)8-13-6-10(2)5-11(3)7-13/h5,8-10,13H,4,6-7H2,1-3H3/b12-8+. The third-order valence-electron chi connectivity index (χ3n) is 2.84. The molecule has 0 spiro atoms. The zero-order valence-electron chi connectivity index (χ0n) is 9.42. The highest BCUT2D eigenvalue weighted by atomic mass is 16.1. The van der Waals surface area contributed by atoms with Gasteiger partial charge in [-0.2, -0.15) is 0 Å². The Hall–Kier alpha value is -0.850.